The van der Waals surface area contributed by atoms with Crippen LogP contribution in [0.3, 0.4) is 0 Å². The van der Waals surface area contributed by atoms with Crippen LogP contribution in [0.5, 0.6) is 5.75 Å². The zero-order valence-electron chi connectivity index (χ0n) is 15.7. The lowest BCUT2D eigenvalue weighted by atomic mass is 10.1. The number of carbonyl (C=O) groups is 1. The van der Waals surface area contributed by atoms with Crippen molar-refractivity contribution in [3.63, 3.8) is 0 Å². The summed E-state index contributed by atoms with van der Waals surface area (Å²) in [4.78, 5) is 19.8. The van der Waals surface area contributed by atoms with Gasteiger partial charge in [0.05, 0.1) is 17.9 Å². The molecule has 1 saturated carbocycles. The van der Waals surface area contributed by atoms with Crippen molar-refractivity contribution in [1.29, 1.82) is 0 Å². The molecule has 2 aromatic heterocycles. The maximum atomic E-state index is 12.6. The molecule has 1 aliphatic rings. The highest BCUT2D eigenvalue weighted by Crippen LogP contribution is 2.48. The van der Waals surface area contributed by atoms with Crippen molar-refractivity contribution in [3.05, 3.63) is 60.0 Å². The Morgan fingerprint density at radius 2 is 2.14 bits per heavy atom. The minimum absolute atomic E-state index is 0.0343. The third-order valence-corrected chi connectivity index (χ3v) is 5.10. The summed E-state index contributed by atoms with van der Waals surface area (Å²) in [5.74, 6) is 0.110. The SMILES string of the molecule is C[C@@H](NC(=O)C1CC1c1ccc2[nH]ccc2c1)c1ccc(OCC(F)(F)F)cn1. The Morgan fingerprint density at radius 1 is 1.31 bits per heavy atom. The molecule has 8 heteroatoms. The molecule has 1 aliphatic carbocycles. The molecule has 1 aromatic carbocycles. The topological polar surface area (TPSA) is 67.0 Å². The Labute approximate surface area is 165 Å². The lowest BCUT2D eigenvalue weighted by Gasteiger charge is -2.14. The number of nitrogens with zero attached hydrogens (tertiary/aromatic N) is 1. The van der Waals surface area contributed by atoms with Crippen LogP contribution in [-0.4, -0.2) is 28.7 Å². The summed E-state index contributed by atoms with van der Waals surface area (Å²) in [6.45, 7) is 0.428. The van der Waals surface area contributed by atoms with Crippen LogP contribution in [0.15, 0.2) is 48.8 Å². The van der Waals surface area contributed by atoms with Crippen LogP contribution in [0, 0.1) is 5.92 Å². The molecule has 2 heterocycles. The average Bonchev–Trinajstić information content (AvgIpc) is 3.36. The lowest BCUT2D eigenvalue weighted by molar-refractivity contribution is -0.153. The van der Waals surface area contributed by atoms with Crippen molar-refractivity contribution in [2.24, 2.45) is 5.92 Å². The number of benzene rings is 1. The fourth-order valence-electron chi connectivity index (χ4n) is 3.45. The standard InChI is InChI=1S/C21H20F3N3O2/c1-12(18-5-3-15(10-26-18)29-11-21(22,23)24)27-20(28)17-9-16(17)13-2-4-19-14(8-13)6-7-25-19/h2-8,10,12,16-17,25H,9,11H2,1H3,(H,27,28)/t12-,16?,17?/m1/s1. The molecule has 29 heavy (non-hydrogen) atoms. The maximum absolute atomic E-state index is 12.6. The minimum Gasteiger partial charge on any atom is -0.483 e. The van der Waals surface area contributed by atoms with E-state index in [0.29, 0.717) is 5.69 Å². The molecule has 0 spiro atoms. The number of halogens is 3. The van der Waals surface area contributed by atoms with Crippen molar-refractivity contribution in [2.45, 2.75) is 31.5 Å². The molecule has 3 atom stereocenters. The third-order valence-electron chi connectivity index (χ3n) is 5.10. The van der Waals surface area contributed by atoms with Gasteiger partial charge < -0.3 is 15.0 Å². The average molecular weight is 403 g/mol. The van der Waals surface area contributed by atoms with Gasteiger partial charge in [0, 0.05) is 17.6 Å². The van der Waals surface area contributed by atoms with Crippen LogP contribution in [-0.2, 0) is 4.79 Å². The third kappa shape index (κ3) is 4.52. The van der Waals surface area contributed by atoms with Gasteiger partial charge in [-0.1, -0.05) is 6.07 Å². The van der Waals surface area contributed by atoms with E-state index in [0.717, 1.165) is 22.9 Å². The number of hydrogen-bond acceptors (Lipinski definition) is 3. The predicted molar refractivity (Wildman–Crippen MR) is 101 cm³/mol. The first-order chi connectivity index (χ1) is 13.8. The van der Waals surface area contributed by atoms with Gasteiger partial charge in [-0.25, -0.2) is 0 Å². The molecule has 3 aromatic rings. The van der Waals surface area contributed by atoms with E-state index >= 15 is 0 Å². The highest BCUT2D eigenvalue weighted by atomic mass is 19.4. The number of amides is 1. The zero-order chi connectivity index (χ0) is 20.6. The van der Waals surface area contributed by atoms with E-state index in [9.17, 15) is 18.0 Å². The Morgan fingerprint density at radius 3 is 2.86 bits per heavy atom. The molecule has 0 saturated heterocycles. The molecule has 0 bridgehead atoms. The fraction of sp³-hybridized carbons (Fsp3) is 0.333. The Kier molecular flexibility index (Phi) is 4.94. The molecule has 5 nitrogen and oxygen atoms in total. The van der Waals surface area contributed by atoms with Crippen LogP contribution < -0.4 is 10.1 Å². The molecule has 1 amide bonds. The van der Waals surface area contributed by atoms with Gasteiger partial charge in [0.15, 0.2) is 6.61 Å². The van der Waals surface area contributed by atoms with Crippen LogP contribution in [0.4, 0.5) is 13.2 Å². The minimum atomic E-state index is -4.40. The predicted octanol–water partition coefficient (Wildman–Crippen LogP) is 4.48. The van der Waals surface area contributed by atoms with E-state index in [4.69, 9.17) is 0 Å². The molecule has 2 N–H and O–H groups in total. The summed E-state index contributed by atoms with van der Waals surface area (Å²) in [5, 5.41) is 4.06. The summed E-state index contributed by atoms with van der Waals surface area (Å²) >= 11 is 0. The number of aromatic amines is 1. The molecule has 2 unspecified atom stereocenters. The number of ether oxygens (including phenoxy) is 1. The highest BCUT2D eigenvalue weighted by Gasteiger charge is 2.44. The first kappa shape index (κ1) is 19.3. The monoisotopic (exact) mass is 403 g/mol. The quantitative estimate of drug-likeness (QED) is 0.638. The number of H-pyrrole nitrogens is 1. The molecular formula is C21H20F3N3O2. The lowest BCUT2D eigenvalue weighted by Crippen LogP contribution is -2.29. The van der Waals surface area contributed by atoms with Crippen molar-refractivity contribution in [2.75, 3.05) is 6.61 Å². The first-order valence-electron chi connectivity index (χ1n) is 9.33. The summed E-state index contributed by atoms with van der Waals surface area (Å²) < 4.78 is 41.2. The second-order valence-electron chi connectivity index (χ2n) is 7.33. The second-order valence-corrected chi connectivity index (χ2v) is 7.33. The van der Waals surface area contributed by atoms with Gasteiger partial charge in [-0.15, -0.1) is 0 Å². The molecule has 4 rings (SSSR count). The van der Waals surface area contributed by atoms with E-state index < -0.39 is 12.8 Å². The largest absolute Gasteiger partial charge is 0.483 e. The Hall–Kier alpha value is -3.03. The first-order valence-corrected chi connectivity index (χ1v) is 9.33. The fourth-order valence-corrected chi connectivity index (χ4v) is 3.45. The van der Waals surface area contributed by atoms with E-state index in [-0.39, 0.29) is 29.5 Å². The number of nitrogens with one attached hydrogen (secondary N) is 2. The van der Waals surface area contributed by atoms with Gasteiger partial charge in [-0.05, 0) is 60.5 Å². The molecule has 1 fully saturated rings. The maximum Gasteiger partial charge on any atom is 0.422 e. The molecule has 0 radical (unpaired) electrons. The van der Waals surface area contributed by atoms with Crippen LogP contribution in [0.1, 0.15) is 36.6 Å². The van der Waals surface area contributed by atoms with Gasteiger partial charge >= 0.3 is 6.18 Å². The van der Waals surface area contributed by atoms with E-state index in [1.807, 2.05) is 24.4 Å². The Bertz CT molecular complexity index is 1010. The van der Waals surface area contributed by atoms with Gasteiger partial charge in [0.1, 0.15) is 5.75 Å². The summed E-state index contributed by atoms with van der Waals surface area (Å²) in [6.07, 6.45) is -0.478. The van der Waals surface area contributed by atoms with Gasteiger partial charge in [-0.2, -0.15) is 13.2 Å². The van der Waals surface area contributed by atoms with Crippen LogP contribution >= 0.6 is 0 Å². The van der Waals surface area contributed by atoms with Crippen LogP contribution in [0.25, 0.3) is 10.9 Å². The number of aromatic nitrogens is 2. The van der Waals surface area contributed by atoms with Crippen molar-refractivity contribution in [3.8, 4) is 5.75 Å². The number of pyridine rings is 1. The van der Waals surface area contributed by atoms with Crippen molar-refractivity contribution >= 4 is 16.8 Å². The van der Waals surface area contributed by atoms with E-state index in [1.54, 1.807) is 13.0 Å². The molecule has 152 valence electrons. The number of rotatable bonds is 6. The van der Waals surface area contributed by atoms with Crippen LogP contribution in [0.2, 0.25) is 0 Å². The van der Waals surface area contributed by atoms with E-state index in [1.165, 1.54) is 12.3 Å². The number of fused-ring (bicyclic) bond motifs is 1. The summed E-state index contributed by atoms with van der Waals surface area (Å²) in [7, 11) is 0. The normalized spacial score (nSPS) is 19.7. The number of alkyl halides is 3. The van der Waals surface area contributed by atoms with Gasteiger partial charge in [-0.3, -0.25) is 9.78 Å². The number of hydrogen-bond donors (Lipinski definition) is 2. The highest BCUT2D eigenvalue weighted by molar-refractivity contribution is 5.84. The Balaban J connectivity index is 1.32. The smallest absolute Gasteiger partial charge is 0.422 e. The molecule has 0 aliphatic heterocycles. The summed E-state index contributed by atoms with van der Waals surface area (Å²) in [5.41, 5.74) is 2.77. The van der Waals surface area contributed by atoms with Crippen molar-refractivity contribution in [1.82, 2.24) is 15.3 Å². The van der Waals surface area contributed by atoms with Gasteiger partial charge in [0.2, 0.25) is 5.91 Å². The summed E-state index contributed by atoms with van der Waals surface area (Å²) in [6, 6.07) is 10.8. The van der Waals surface area contributed by atoms with E-state index in [2.05, 4.69) is 26.1 Å². The number of carbonyl (C=O) groups excluding carboxylic acids is 1. The van der Waals surface area contributed by atoms with Gasteiger partial charge in [0.25, 0.3) is 0 Å². The molecular weight excluding hydrogens is 383 g/mol. The zero-order valence-corrected chi connectivity index (χ0v) is 15.7. The second kappa shape index (κ2) is 7.42. The van der Waals surface area contributed by atoms with Crippen molar-refractivity contribution < 1.29 is 22.7 Å².